The minimum atomic E-state index is -0.891. The normalized spacial score (nSPS) is 16.0. The molecule has 5 heteroatoms. The van der Waals surface area contributed by atoms with Crippen LogP contribution >= 0.6 is 0 Å². The zero-order valence-electron chi connectivity index (χ0n) is 10.7. The molecule has 0 radical (unpaired) electrons. The molecule has 96 valence electrons. The van der Waals surface area contributed by atoms with Gasteiger partial charge in [0.2, 0.25) is 5.91 Å². The number of hydrogen-bond donors (Lipinski definition) is 1. The predicted octanol–water partition coefficient (Wildman–Crippen LogP) is 0.893. The van der Waals surface area contributed by atoms with Crippen LogP contribution in [0.25, 0.3) is 0 Å². The fourth-order valence-electron chi connectivity index (χ4n) is 2.32. The summed E-state index contributed by atoms with van der Waals surface area (Å²) in [7, 11) is 5.18. The van der Waals surface area contributed by atoms with Crippen molar-refractivity contribution in [2.24, 2.45) is 0 Å². The monoisotopic (exact) mass is 248 g/mol. The highest BCUT2D eigenvalue weighted by Crippen LogP contribution is 2.31. The van der Waals surface area contributed by atoms with Crippen molar-refractivity contribution in [1.29, 1.82) is 0 Å². The second-order valence-electron chi connectivity index (χ2n) is 4.72. The van der Waals surface area contributed by atoms with Gasteiger partial charge in [0.05, 0.1) is 6.42 Å². The third kappa shape index (κ3) is 1.97. The first-order chi connectivity index (χ1) is 8.41. The summed E-state index contributed by atoms with van der Waals surface area (Å²) in [5.74, 6) is -0.850. The lowest BCUT2D eigenvalue weighted by Crippen LogP contribution is -2.27. The first kappa shape index (κ1) is 12.6. The summed E-state index contributed by atoms with van der Waals surface area (Å²) < 4.78 is 0. The van der Waals surface area contributed by atoms with Gasteiger partial charge in [-0.05, 0) is 31.3 Å². The average Bonchev–Trinajstić information content (AvgIpc) is 2.53. The summed E-state index contributed by atoms with van der Waals surface area (Å²) in [6, 6.07) is 4.72. The summed E-state index contributed by atoms with van der Waals surface area (Å²) >= 11 is 0. The molecule has 5 nitrogen and oxygen atoms in total. The Kier molecular flexibility index (Phi) is 3.09. The van der Waals surface area contributed by atoms with Crippen LogP contribution in [0.15, 0.2) is 18.2 Å². The van der Waals surface area contributed by atoms with Crippen molar-refractivity contribution in [3.63, 3.8) is 0 Å². The first-order valence-corrected chi connectivity index (χ1v) is 5.70. The minimum Gasteiger partial charge on any atom is -0.480 e. The van der Waals surface area contributed by atoms with Crippen molar-refractivity contribution in [3.05, 3.63) is 29.3 Å². The van der Waals surface area contributed by atoms with Crippen molar-refractivity contribution >= 4 is 17.6 Å². The van der Waals surface area contributed by atoms with Gasteiger partial charge >= 0.3 is 5.97 Å². The number of fused-ring (bicyclic) bond motifs is 1. The van der Waals surface area contributed by atoms with E-state index in [1.54, 1.807) is 37.0 Å². The van der Waals surface area contributed by atoms with Gasteiger partial charge in [-0.2, -0.15) is 0 Å². The maximum absolute atomic E-state index is 11.6. The van der Waals surface area contributed by atoms with Gasteiger partial charge in [0, 0.05) is 12.7 Å². The molecule has 1 atom stereocenters. The number of anilines is 1. The number of carbonyl (C=O) groups is 2. The number of carboxylic acid groups (broad SMARTS) is 1. The molecule has 1 aromatic carbocycles. The quantitative estimate of drug-likeness (QED) is 0.863. The number of nitrogens with zero attached hydrogens (tertiary/aromatic N) is 2. The molecule has 0 aromatic heterocycles. The third-order valence-electron chi connectivity index (χ3n) is 3.25. The fraction of sp³-hybridized carbons (Fsp3) is 0.385. The Bertz CT molecular complexity index is 511. The lowest BCUT2D eigenvalue weighted by Gasteiger charge is -2.21. The summed E-state index contributed by atoms with van der Waals surface area (Å²) in [6.45, 7) is 0. The van der Waals surface area contributed by atoms with E-state index in [9.17, 15) is 14.7 Å². The molecule has 1 N–H and O–H groups in total. The Labute approximate surface area is 106 Å². The smallest absolute Gasteiger partial charge is 0.325 e. The molecular formula is C13H16N2O3. The van der Waals surface area contributed by atoms with Gasteiger partial charge in [-0.15, -0.1) is 0 Å². The molecule has 1 amide bonds. The van der Waals surface area contributed by atoms with Gasteiger partial charge in [0.1, 0.15) is 6.04 Å². The molecule has 1 aromatic rings. The Hall–Kier alpha value is -1.88. The number of benzene rings is 1. The molecule has 2 rings (SSSR count). The molecular weight excluding hydrogens is 232 g/mol. The van der Waals surface area contributed by atoms with Crippen LogP contribution in [0.2, 0.25) is 0 Å². The van der Waals surface area contributed by atoms with Crippen LogP contribution in [0, 0.1) is 0 Å². The molecule has 0 bridgehead atoms. The highest BCUT2D eigenvalue weighted by molar-refractivity contribution is 6.01. The molecule has 1 aliphatic rings. The molecule has 0 saturated carbocycles. The van der Waals surface area contributed by atoms with Crippen LogP contribution in [0.5, 0.6) is 0 Å². The summed E-state index contributed by atoms with van der Waals surface area (Å²) in [6.07, 6.45) is 0.347. The van der Waals surface area contributed by atoms with Crippen molar-refractivity contribution in [3.8, 4) is 0 Å². The Morgan fingerprint density at radius 2 is 2.11 bits per heavy atom. The van der Waals surface area contributed by atoms with Crippen LogP contribution in [-0.2, 0) is 16.0 Å². The van der Waals surface area contributed by atoms with E-state index in [0.29, 0.717) is 12.0 Å². The number of amides is 1. The van der Waals surface area contributed by atoms with Crippen molar-refractivity contribution in [1.82, 2.24) is 4.90 Å². The zero-order chi connectivity index (χ0) is 13.4. The largest absolute Gasteiger partial charge is 0.480 e. The average molecular weight is 248 g/mol. The van der Waals surface area contributed by atoms with Gasteiger partial charge in [-0.1, -0.05) is 12.1 Å². The summed E-state index contributed by atoms with van der Waals surface area (Å²) in [5, 5.41) is 9.23. The van der Waals surface area contributed by atoms with E-state index in [2.05, 4.69) is 0 Å². The SMILES string of the molecule is CN1C(=O)Cc2cc(C(C(=O)O)N(C)C)ccc21. The second kappa shape index (κ2) is 4.42. The number of rotatable bonds is 3. The zero-order valence-corrected chi connectivity index (χ0v) is 10.7. The van der Waals surface area contributed by atoms with E-state index >= 15 is 0 Å². The molecule has 1 heterocycles. The second-order valence-corrected chi connectivity index (χ2v) is 4.72. The standard InChI is InChI=1S/C13H16N2O3/c1-14(2)12(13(17)18)8-4-5-10-9(6-8)7-11(16)15(10)3/h4-6,12H,7H2,1-3H3,(H,17,18). The number of aliphatic carboxylic acids is 1. The third-order valence-corrected chi connectivity index (χ3v) is 3.25. The van der Waals surface area contributed by atoms with Crippen LogP contribution in [-0.4, -0.2) is 43.0 Å². The highest BCUT2D eigenvalue weighted by Gasteiger charge is 2.27. The summed E-state index contributed by atoms with van der Waals surface area (Å²) in [5.41, 5.74) is 2.47. The van der Waals surface area contributed by atoms with Crippen LogP contribution in [0.4, 0.5) is 5.69 Å². The van der Waals surface area contributed by atoms with E-state index in [4.69, 9.17) is 0 Å². The van der Waals surface area contributed by atoms with E-state index in [-0.39, 0.29) is 5.91 Å². The van der Waals surface area contributed by atoms with Gasteiger partial charge < -0.3 is 10.0 Å². The molecule has 0 spiro atoms. The van der Waals surface area contributed by atoms with Crippen LogP contribution < -0.4 is 4.90 Å². The van der Waals surface area contributed by atoms with Gasteiger partial charge in [-0.3, -0.25) is 14.5 Å². The molecule has 1 unspecified atom stereocenters. The number of likely N-dealkylation sites (N-methyl/N-ethyl adjacent to an activating group) is 2. The predicted molar refractivity (Wildman–Crippen MR) is 67.6 cm³/mol. The Morgan fingerprint density at radius 1 is 1.44 bits per heavy atom. The lowest BCUT2D eigenvalue weighted by molar-refractivity contribution is -0.142. The maximum atomic E-state index is 11.6. The molecule has 0 aliphatic carbocycles. The number of hydrogen-bond acceptors (Lipinski definition) is 3. The van der Waals surface area contributed by atoms with E-state index < -0.39 is 12.0 Å². The van der Waals surface area contributed by atoms with E-state index in [1.165, 1.54) is 0 Å². The van der Waals surface area contributed by atoms with Crippen LogP contribution in [0.1, 0.15) is 17.2 Å². The van der Waals surface area contributed by atoms with E-state index in [0.717, 1.165) is 11.3 Å². The van der Waals surface area contributed by atoms with Gasteiger partial charge in [-0.25, -0.2) is 0 Å². The Morgan fingerprint density at radius 3 is 2.67 bits per heavy atom. The Balaban J connectivity index is 2.41. The lowest BCUT2D eigenvalue weighted by atomic mass is 10.0. The van der Waals surface area contributed by atoms with Crippen LogP contribution in [0.3, 0.4) is 0 Å². The van der Waals surface area contributed by atoms with E-state index in [1.807, 2.05) is 12.1 Å². The molecule has 0 fully saturated rings. The van der Waals surface area contributed by atoms with Crippen molar-refractivity contribution < 1.29 is 14.7 Å². The van der Waals surface area contributed by atoms with Gasteiger partial charge in [0.25, 0.3) is 0 Å². The minimum absolute atomic E-state index is 0.0406. The maximum Gasteiger partial charge on any atom is 0.325 e. The fourth-order valence-corrected chi connectivity index (χ4v) is 2.32. The van der Waals surface area contributed by atoms with Crippen molar-refractivity contribution in [2.75, 3.05) is 26.0 Å². The number of carboxylic acids is 1. The molecule has 18 heavy (non-hydrogen) atoms. The molecule has 1 aliphatic heterocycles. The topological polar surface area (TPSA) is 60.9 Å². The first-order valence-electron chi connectivity index (χ1n) is 5.70. The van der Waals surface area contributed by atoms with Gasteiger partial charge in [0.15, 0.2) is 0 Å². The highest BCUT2D eigenvalue weighted by atomic mass is 16.4. The van der Waals surface area contributed by atoms with Crippen molar-refractivity contribution in [2.45, 2.75) is 12.5 Å². The number of carbonyl (C=O) groups excluding carboxylic acids is 1. The molecule has 0 saturated heterocycles. The summed E-state index contributed by atoms with van der Waals surface area (Å²) in [4.78, 5) is 26.1.